The minimum absolute atomic E-state index is 0.134. The number of carbonyl (C=O) groups is 1. The SMILES string of the molecule is C=NN(/C=C\CCC1(C)OB(CCC[C@H]2[C@@H]3CNC[C@@H]3C[C@@]2(N=[N+]=[N-])C(=O)OCc2ccccc2)OC1(C)C)C(=N)N. The molecule has 226 valence electrons. The fourth-order valence-electron chi connectivity index (χ4n) is 6.75. The van der Waals surface area contributed by atoms with Crippen molar-refractivity contribution in [3.05, 3.63) is 58.6 Å². The first-order valence-corrected chi connectivity index (χ1v) is 14.7. The average Bonchev–Trinajstić information content (AvgIpc) is 3.58. The van der Waals surface area contributed by atoms with Gasteiger partial charge in [0, 0.05) is 17.8 Å². The van der Waals surface area contributed by atoms with Gasteiger partial charge < -0.3 is 25.1 Å². The van der Waals surface area contributed by atoms with E-state index < -0.39 is 29.8 Å². The van der Waals surface area contributed by atoms with Crippen molar-refractivity contribution in [3.63, 3.8) is 0 Å². The van der Waals surface area contributed by atoms with E-state index in [1.807, 2.05) is 50.3 Å². The van der Waals surface area contributed by atoms with Gasteiger partial charge in [-0.3, -0.25) is 10.2 Å². The molecule has 13 heteroatoms. The van der Waals surface area contributed by atoms with Crippen molar-refractivity contribution in [3.8, 4) is 0 Å². The van der Waals surface area contributed by atoms with Crippen LogP contribution in [0.4, 0.5) is 0 Å². The number of benzene rings is 1. The number of nitrogens with two attached hydrogens (primary N) is 1. The summed E-state index contributed by atoms with van der Waals surface area (Å²) >= 11 is 0. The van der Waals surface area contributed by atoms with Gasteiger partial charge in [0.05, 0.1) is 11.2 Å². The molecule has 1 saturated carbocycles. The number of hydrazone groups is 1. The molecule has 42 heavy (non-hydrogen) atoms. The van der Waals surface area contributed by atoms with Crippen molar-refractivity contribution in [2.45, 2.75) is 82.5 Å². The summed E-state index contributed by atoms with van der Waals surface area (Å²) in [5, 5.41) is 20.0. The Labute approximate surface area is 248 Å². The summed E-state index contributed by atoms with van der Waals surface area (Å²) in [4.78, 5) is 16.7. The molecular formula is C29H43BN8O4. The zero-order valence-electron chi connectivity index (χ0n) is 24.9. The van der Waals surface area contributed by atoms with E-state index in [1.165, 1.54) is 5.01 Å². The minimum Gasteiger partial charge on any atom is -0.460 e. The van der Waals surface area contributed by atoms with E-state index in [1.54, 1.807) is 6.20 Å². The van der Waals surface area contributed by atoms with Crippen LogP contribution in [-0.4, -0.2) is 60.6 Å². The second-order valence-corrected chi connectivity index (χ2v) is 12.2. The number of fused-ring (bicyclic) bond motifs is 1. The zero-order valence-corrected chi connectivity index (χ0v) is 24.9. The number of rotatable bonds is 13. The third-order valence-electron chi connectivity index (χ3n) is 9.37. The van der Waals surface area contributed by atoms with Gasteiger partial charge in [-0.1, -0.05) is 47.9 Å². The van der Waals surface area contributed by atoms with Crippen LogP contribution in [0.25, 0.3) is 10.4 Å². The van der Waals surface area contributed by atoms with E-state index in [2.05, 4.69) is 34.1 Å². The molecule has 3 aliphatic rings. The Morgan fingerprint density at radius 1 is 1.33 bits per heavy atom. The largest absolute Gasteiger partial charge is 0.460 e. The number of hydrogen-bond acceptors (Lipinski definition) is 8. The number of carbonyl (C=O) groups excluding carboxylic acids is 1. The van der Waals surface area contributed by atoms with Gasteiger partial charge in [0.15, 0.2) is 0 Å². The van der Waals surface area contributed by atoms with Crippen LogP contribution in [0, 0.1) is 23.2 Å². The lowest BCUT2D eigenvalue weighted by atomic mass is 9.75. The topological polar surface area (TPSA) is 171 Å². The number of azide groups is 1. The second-order valence-electron chi connectivity index (χ2n) is 12.2. The first kappa shape index (κ1) is 31.6. The molecule has 2 aliphatic heterocycles. The Morgan fingerprint density at radius 2 is 2.10 bits per heavy atom. The maximum Gasteiger partial charge on any atom is 0.457 e. The van der Waals surface area contributed by atoms with E-state index in [-0.39, 0.29) is 30.3 Å². The van der Waals surface area contributed by atoms with Gasteiger partial charge in [0.2, 0.25) is 5.96 Å². The van der Waals surface area contributed by atoms with Crippen molar-refractivity contribution in [2.24, 2.45) is 33.7 Å². The van der Waals surface area contributed by atoms with Crippen LogP contribution in [0.1, 0.15) is 58.4 Å². The lowest BCUT2D eigenvalue weighted by molar-refractivity contribution is -0.153. The van der Waals surface area contributed by atoms with Gasteiger partial charge in [-0.15, -0.1) is 0 Å². The molecule has 0 spiro atoms. The number of hydrogen-bond donors (Lipinski definition) is 3. The number of nitrogens with zero attached hydrogens (tertiary/aromatic N) is 5. The van der Waals surface area contributed by atoms with Gasteiger partial charge in [-0.05, 0) is 94.7 Å². The third kappa shape index (κ3) is 6.65. The lowest BCUT2D eigenvalue weighted by Gasteiger charge is -2.36. The van der Waals surface area contributed by atoms with Gasteiger partial charge in [-0.2, -0.15) is 5.10 Å². The molecule has 0 radical (unpaired) electrons. The van der Waals surface area contributed by atoms with E-state index in [9.17, 15) is 10.3 Å². The van der Waals surface area contributed by atoms with Crippen LogP contribution in [-0.2, 0) is 25.4 Å². The fourth-order valence-corrected chi connectivity index (χ4v) is 6.75. The Kier molecular flexibility index (Phi) is 9.99. The molecule has 4 N–H and O–H groups in total. The third-order valence-corrected chi connectivity index (χ3v) is 9.37. The molecule has 5 atom stereocenters. The van der Waals surface area contributed by atoms with Gasteiger partial charge in [0.1, 0.15) is 12.1 Å². The predicted molar refractivity (Wildman–Crippen MR) is 162 cm³/mol. The standard InChI is InChI=1S/C29H43BN8O4/c1-27(2)28(3,14-8-9-16-38(34-4)26(31)32)42-30(41-27)15-10-13-24-23-19-35-18-22(23)17-29(24,36-37-33)25(39)40-20-21-11-6-5-7-12-21/h5-7,9,11-12,16,22-24,35H,4,8,10,13-15,17-20H2,1-3H3,(H3,31,32)/b16-9-/t22-,23+,24-,28?,29-/m0/s1. The van der Waals surface area contributed by atoms with Gasteiger partial charge >= 0.3 is 13.1 Å². The van der Waals surface area contributed by atoms with Crippen LogP contribution in [0.3, 0.4) is 0 Å². The monoisotopic (exact) mass is 578 g/mol. The highest BCUT2D eigenvalue weighted by atomic mass is 16.7. The highest BCUT2D eigenvalue weighted by Crippen LogP contribution is 2.52. The number of esters is 1. The molecule has 1 aromatic rings. The van der Waals surface area contributed by atoms with Crippen molar-refractivity contribution >= 4 is 25.8 Å². The summed E-state index contributed by atoms with van der Waals surface area (Å²) in [7, 11) is -0.393. The number of guanidine groups is 1. The predicted octanol–water partition coefficient (Wildman–Crippen LogP) is 4.59. The van der Waals surface area contributed by atoms with Crippen LogP contribution >= 0.6 is 0 Å². The van der Waals surface area contributed by atoms with E-state index in [4.69, 9.17) is 25.2 Å². The van der Waals surface area contributed by atoms with Crippen molar-refractivity contribution in [1.29, 1.82) is 5.41 Å². The molecule has 1 aromatic carbocycles. The molecular weight excluding hydrogens is 535 g/mol. The molecule has 2 heterocycles. The molecule has 12 nitrogen and oxygen atoms in total. The minimum atomic E-state index is -1.22. The quantitative estimate of drug-likeness (QED) is 0.0449. The second kappa shape index (κ2) is 13.3. The van der Waals surface area contributed by atoms with Crippen molar-refractivity contribution in [2.75, 3.05) is 13.1 Å². The van der Waals surface area contributed by atoms with Crippen LogP contribution in [0.2, 0.25) is 6.32 Å². The Bertz CT molecular complexity index is 1210. The molecule has 1 unspecified atom stereocenters. The Hall–Kier alpha value is -3.38. The Morgan fingerprint density at radius 3 is 2.79 bits per heavy atom. The molecule has 3 fully saturated rings. The summed E-state index contributed by atoms with van der Waals surface area (Å²) in [6.07, 6.45) is 7.46. The lowest BCUT2D eigenvalue weighted by Crippen LogP contribution is -2.44. The van der Waals surface area contributed by atoms with E-state index in [0.717, 1.165) is 25.1 Å². The fraction of sp³-hybridized carbons (Fsp3) is 0.621. The van der Waals surface area contributed by atoms with Crippen molar-refractivity contribution < 1.29 is 18.8 Å². The Balaban J connectivity index is 1.38. The van der Waals surface area contributed by atoms with E-state index in [0.29, 0.717) is 32.0 Å². The summed E-state index contributed by atoms with van der Waals surface area (Å²) in [5.41, 5.74) is 13.6. The summed E-state index contributed by atoms with van der Waals surface area (Å²) in [6.45, 7) is 11.3. The van der Waals surface area contributed by atoms with Crippen molar-refractivity contribution in [1.82, 2.24) is 10.3 Å². The highest BCUT2D eigenvalue weighted by molar-refractivity contribution is 6.45. The van der Waals surface area contributed by atoms with Gasteiger partial charge in [0.25, 0.3) is 0 Å². The number of allylic oxidation sites excluding steroid dienone is 1. The normalized spacial score (nSPS) is 29.7. The maximum atomic E-state index is 13.6. The van der Waals surface area contributed by atoms with Crippen LogP contribution < -0.4 is 11.1 Å². The number of ether oxygens (including phenoxy) is 1. The van der Waals surface area contributed by atoms with Crippen LogP contribution in [0.15, 0.2) is 52.8 Å². The smallest absolute Gasteiger partial charge is 0.457 e. The highest BCUT2D eigenvalue weighted by Gasteiger charge is 2.59. The molecule has 4 rings (SSSR count). The maximum absolute atomic E-state index is 13.6. The molecule has 0 amide bonds. The summed E-state index contributed by atoms with van der Waals surface area (Å²) < 4.78 is 18.6. The first-order chi connectivity index (χ1) is 20.0. The zero-order chi connectivity index (χ0) is 30.4. The molecule has 1 aliphatic carbocycles. The average molecular weight is 579 g/mol. The molecule has 2 saturated heterocycles. The molecule has 0 aromatic heterocycles. The van der Waals surface area contributed by atoms with Crippen LogP contribution in [0.5, 0.6) is 0 Å². The molecule has 0 bridgehead atoms. The summed E-state index contributed by atoms with van der Waals surface area (Å²) in [6, 6.07) is 9.53. The van der Waals surface area contributed by atoms with E-state index >= 15 is 0 Å². The van der Waals surface area contributed by atoms with Gasteiger partial charge in [-0.25, -0.2) is 5.01 Å². The first-order valence-electron chi connectivity index (χ1n) is 14.7. The summed E-state index contributed by atoms with van der Waals surface area (Å²) in [5.74, 6) is -0.282. The number of nitrogens with one attached hydrogen (secondary N) is 2.